The first-order valence-electron chi connectivity index (χ1n) is 8.74. The van der Waals surface area contributed by atoms with Gasteiger partial charge in [0.25, 0.3) is 5.91 Å². The predicted octanol–water partition coefficient (Wildman–Crippen LogP) is 4.37. The molecule has 3 rings (SSSR count). The Balaban J connectivity index is 1.74. The van der Waals surface area contributed by atoms with Crippen LogP contribution < -0.4 is 15.0 Å². The molecule has 27 heavy (non-hydrogen) atoms. The van der Waals surface area contributed by atoms with Gasteiger partial charge in [-0.1, -0.05) is 37.6 Å². The SMILES string of the molecule is CC(C)CN1C(=O)COc2ccc(NC(=O)/C=C/c3ccc(Cl)cc3)cc21. The molecule has 0 unspecified atom stereocenters. The maximum absolute atomic E-state index is 12.2. The molecule has 140 valence electrons. The second-order valence-electron chi connectivity index (χ2n) is 6.74. The normalized spacial score (nSPS) is 13.6. The fraction of sp³-hybridized carbons (Fsp3) is 0.238. The molecule has 0 radical (unpaired) electrons. The van der Waals surface area contributed by atoms with Crippen molar-refractivity contribution >= 4 is 40.9 Å². The van der Waals surface area contributed by atoms with E-state index >= 15 is 0 Å². The van der Waals surface area contributed by atoms with Crippen molar-refractivity contribution in [3.8, 4) is 5.75 Å². The van der Waals surface area contributed by atoms with Crippen LogP contribution in [0.15, 0.2) is 48.5 Å². The van der Waals surface area contributed by atoms with E-state index in [9.17, 15) is 9.59 Å². The standard InChI is InChI=1S/C21H21ClN2O3/c1-14(2)12-24-18-11-17(8-9-19(18)27-13-21(24)26)23-20(25)10-5-15-3-6-16(22)7-4-15/h3-11,14H,12-13H2,1-2H3,(H,23,25)/b10-5+. The molecule has 0 saturated carbocycles. The molecule has 2 aromatic rings. The highest BCUT2D eigenvalue weighted by atomic mass is 35.5. The van der Waals surface area contributed by atoms with Crippen LogP contribution in [0.3, 0.4) is 0 Å². The van der Waals surface area contributed by atoms with Crippen LogP contribution in [0, 0.1) is 5.92 Å². The maximum Gasteiger partial charge on any atom is 0.265 e. The predicted molar refractivity (Wildman–Crippen MR) is 108 cm³/mol. The summed E-state index contributed by atoms with van der Waals surface area (Å²) in [6.07, 6.45) is 3.16. The molecule has 0 saturated heterocycles. The number of hydrogen-bond acceptors (Lipinski definition) is 3. The van der Waals surface area contributed by atoms with Gasteiger partial charge in [-0.05, 0) is 47.9 Å². The van der Waals surface area contributed by atoms with Crippen LogP contribution in [-0.2, 0) is 9.59 Å². The Bertz CT molecular complexity index is 875. The lowest BCUT2D eigenvalue weighted by Crippen LogP contribution is -2.41. The number of nitrogens with one attached hydrogen (secondary N) is 1. The highest BCUT2D eigenvalue weighted by molar-refractivity contribution is 6.30. The summed E-state index contributed by atoms with van der Waals surface area (Å²) in [5.74, 6) is 0.621. The molecular formula is C21H21ClN2O3. The molecule has 0 aliphatic carbocycles. The fourth-order valence-electron chi connectivity index (χ4n) is 2.77. The number of carbonyl (C=O) groups excluding carboxylic acids is 2. The van der Waals surface area contributed by atoms with Gasteiger partial charge in [-0.3, -0.25) is 9.59 Å². The van der Waals surface area contributed by atoms with Crippen molar-refractivity contribution in [1.82, 2.24) is 0 Å². The Labute approximate surface area is 163 Å². The van der Waals surface area contributed by atoms with E-state index in [4.69, 9.17) is 16.3 Å². The number of hydrogen-bond donors (Lipinski definition) is 1. The van der Waals surface area contributed by atoms with Gasteiger partial charge in [0.15, 0.2) is 6.61 Å². The second-order valence-corrected chi connectivity index (χ2v) is 7.18. The van der Waals surface area contributed by atoms with Crippen LogP contribution in [0.2, 0.25) is 5.02 Å². The van der Waals surface area contributed by atoms with Gasteiger partial charge in [-0.2, -0.15) is 0 Å². The first kappa shape index (κ1) is 19.0. The molecule has 1 aliphatic heterocycles. The zero-order chi connectivity index (χ0) is 19.4. The highest BCUT2D eigenvalue weighted by Crippen LogP contribution is 2.35. The molecule has 0 spiro atoms. The summed E-state index contributed by atoms with van der Waals surface area (Å²) in [5.41, 5.74) is 2.16. The lowest BCUT2D eigenvalue weighted by molar-refractivity contribution is -0.121. The van der Waals surface area contributed by atoms with Crippen LogP contribution in [0.5, 0.6) is 5.75 Å². The first-order valence-corrected chi connectivity index (χ1v) is 9.12. The summed E-state index contributed by atoms with van der Waals surface area (Å²) in [7, 11) is 0. The van der Waals surface area contributed by atoms with Gasteiger partial charge in [0.1, 0.15) is 5.75 Å². The van der Waals surface area contributed by atoms with Gasteiger partial charge < -0.3 is 15.0 Å². The summed E-state index contributed by atoms with van der Waals surface area (Å²) >= 11 is 5.85. The maximum atomic E-state index is 12.2. The number of rotatable bonds is 5. The van der Waals surface area contributed by atoms with Crippen molar-refractivity contribution in [2.45, 2.75) is 13.8 Å². The summed E-state index contributed by atoms with van der Waals surface area (Å²) in [4.78, 5) is 26.1. The van der Waals surface area contributed by atoms with E-state index in [0.717, 1.165) is 5.56 Å². The third-order valence-corrected chi connectivity index (χ3v) is 4.27. The molecule has 1 N–H and O–H groups in total. The van der Waals surface area contributed by atoms with Crippen molar-refractivity contribution in [2.75, 3.05) is 23.4 Å². The minimum atomic E-state index is -0.261. The van der Waals surface area contributed by atoms with E-state index in [1.54, 1.807) is 41.3 Å². The van der Waals surface area contributed by atoms with Gasteiger partial charge in [-0.25, -0.2) is 0 Å². The third kappa shape index (κ3) is 4.89. The fourth-order valence-corrected chi connectivity index (χ4v) is 2.90. The minimum absolute atomic E-state index is 0.0370. The van der Waals surface area contributed by atoms with E-state index in [-0.39, 0.29) is 18.4 Å². The average Bonchev–Trinajstić information content (AvgIpc) is 2.63. The Hall–Kier alpha value is -2.79. The van der Waals surface area contributed by atoms with Crippen molar-refractivity contribution < 1.29 is 14.3 Å². The van der Waals surface area contributed by atoms with Crippen LogP contribution in [0.1, 0.15) is 19.4 Å². The van der Waals surface area contributed by atoms with Crippen molar-refractivity contribution in [3.63, 3.8) is 0 Å². The molecule has 0 fully saturated rings. The Morgan fingerprint density at radius 2 is 2.00 bits per heavy atom. The zero-order valence-electron chi connectivity index (χ0n) is 15.2. The first-order chi connectivity index (χ1) is 12.9. The summed E-state index contributed by atoms with van der Waals surface area (Å²) in [5, 5.41) is 3.46. The summed E-state index contributed by atoms with van der Waals surface area (Å²) in [6.45, 7) is 4.74. The topological polar surface area (TPSA) is 58.6 Å². The Morgan fingerprint density at radius 1 is 1.26 bits per heavy atom. The van der Waals surface area contributed by atoms with E-state index in [1.165, 1.54) is 6.08 Å². The van der Waals surface area contributed by atoms with E-state index in [2.05, 4.69) is 19.2 Å². The van der Waals surface area contributed by atoms with E-state index in [1.807, 2.05) is 12.1 Å². The van der Waals surface area contributed by atoms with Crippen LogP contribution >= 0.6 is 11.6 Å². The number of anilines is 2. The van der Waals surface area contributed by atoms with Gasteiger partial charge in [0, 0.05) is 23.3 Å². The van der Waals surface area contributed by atoms with Crippen molar-refractivity contribution in [2.24, 2.45) is 5.92 Å². The number of ether oxygens (including phenoxy) is 1. The average molecular weight is 385 g/mol. The lowest BCUT2D eigenvalue weighted by Gasteiger charge is -2.31. The monoisotopic (exact) mass is 384 g/mol. The van der Waals surface area contributed by atoms with E-state index < -0.39 is 0 Å². The van der Waals surface area contributed by atoms with Gasteiger partial charge >= 0.3 is 0 Å². The summed E-state index contributed by atoms with van der Waals surface area (Å²) in [6, 6.07) is 12.5. The molecular weight excluding hydrogens is 364 g/mol. The largest absolute Gasteiger partial charge is 0.482 e. The quantitative estimate of drug-likeness (QED) is 0.778. The Kier molecular flexibility index (Phi) is 5.81. The van der Waals surface area contributed by atoms with E-state index in [0.29, 0.717) is 34.6 Å². The highest BCUT2D eigenvalue weighted by Gasteiger charge is 2.26. The molecule has 0 atom stereocenters. The number of benzene rings is 2. The molecule has 2 aromatic carbocycles. The van der Waals surface area contributed by atoms with Crippen molar-refractivity contribution in [3.05, 3.63) is 59.1 Å². The molecule has 0 aromatic heterocycles. The minimum Gasteiger partial charge on any atom is -0.482 e. The molecule has 2 amide bonds. The second kappa shape index (κ2) is 8.27. The molecule has 6 heteroatoms. The van der Waals surface area contributed by atoms with Crippen LogP contribution in [-0.4, -0.2) is 25.0 Å². The number of fused-ring (bicyclic) bond motifs is 1. The number of halogens is 1. The number of carbonyl (C=O) groups is 2. The molecule has 5 nitrogen and oxygen atoms in total. The van der Waals surface area contributed by atoms with Crippen LogP contribution in [0.4, 0.5) is 11.4 Å². The van der Waals surface area contributed by atoms with Gasteiger partial charge in [0.05, 0.1) is 5.69 Å². The van der Waals surface area contributed by atoms with Crippen LogP contribution in [0.25, 0.3) is 6.08 Å². The van der Waals surface area contributed by atoms with Crippen molar-refractivity contribution in [1.29, 1.82) is 0 Å². The summed E-state index contributed by atoms with van der Waals surface area (Å²) < 4.78 is 5.49. The van der Waals surface area contributed by atoms with Gasteiger partial charge in [-0.15, -0.1) is 0 Å². The third-order valence-electron chi connectivity index (χ3n) is 4.01. The van der Waals surface area contributed by atoms with Gasteiger partial charge in [0.2, 0.25) is 5.91 Å². The molecule has 1 heterocycles. The number of nitrogens with zero attached hydrogens (tertiary/aromatic N) is 1. The lowest BCUT2D eigenvalue weighted by atomic mass is 10.1. The zero-order valence-corrected chi connectivity index (χ0v) is 16.0. The Morgan fingerprint density at radius 3 is 2.70 bits per heavy atom. The number of amides is 2. The smallest absolute Gasteiger partial charge is 0.265 e. The molecule has 1 aliphatic rings. The molecule has 0 bridgehead atoms.